The van der Waals surface area contributed by atoms with Crippen LogP contribution in [0, 0.1) is 13.8 Å². The van der Waals surface area contributed by atoms with Gasteiger partial charge in [-0.25, -0.2) is 4.79 Å². The third-order valence-electron chi connectivity index (χ3n) is 3.25. The van der Waals surface area contributed by atoms with Crippen LogP contribution in [0.4, 0.5) is 17.1 Å². The maximum atomic E-state index is 11.6. The van der Waals surface area contributed by atoms with Crippen molar-refractivity contribution in [1.82, 2.24) is 0 Å². The van der Waals surface area contributed by atoms with Crippen molar-refractivity contribution in [2.45, 2.75) is 13.8 Å². The molecule has 0 unspecified atom stereocenters. The molecule has 0 bridgehead atoms. The van der Waals surface area contributed by atoms with Crippen LogP contribution in [0.15, 0.2) is 36.4 Å². The van der Waals surface area contributed by atoms with E-state index in [-0.39, 0.29) is 0 Å². The number of anilines is 3. The van der Waals surface area contributed by atoms with Crippen LogP contribution in [0.1, 0.15) is 21.5 Å². The van der Waals surface area contributed by atoms with Gasteiger partial charge in [0.05, 0.1) is 12.7 Å². The van der Waals surface area contributed by atoms with Crippen molar-refractivity contribution < 1.29 is 9.53 Å². The van der Waals surface area contributed by atoms with Gasteiger partial charge in [-0.3, -0.25) is 0 Å². The summed E-state index contributed by atoms with van der Waals surface area (Å²) in [6.45, 7) is 4.13. The highest BCUT2D eigenvalue weighted by Gasteiger charge is 2.10. The SMILES string of the molecule is COC(=O)c1cc(Nc2ccc(C)c(C)c2)ccc1N. The van der Waals surface area contributed by atoms with Crippen LogP contribution in [-0.4, -0.2) is 13.1 Å². The van der Waals surface area contributed by atoms with Gasteiger partial charge in [-0.2, -0.15) is 0 Å². The van der Waals surface area contributed by atoms with E-state index in [1.54, 1.807) is 12.1 Å². The number of nitrogens with one attached hydrogen (secondary N) is 1. The Morgan fingerprint density at radius 3 is 2.35 bits per heavy atom. The Morgan fingerprint density at radius 2 is 1.70 bits per heavy atom. The molecule has 0 aromatic heterocycles. The number of methoxy groups -OCH3 is 1. The minimum atomic E-state index is -0.439. The van der Waals surface area contributed by atoms with Gasteiger partial charge >= 0.3 is 5.97 Å². The molecule has 0 saturated heterocycles. The Bertz CT molecular complexity index is 651. The first-order valence-corrected chi connectivity index (χ1v) is 6.33. The average molecular weight is 270 g/mol. The number of hydrogen-bond donors (Lipinski definition) is 2. The second kappa shape index (κ2) is 5.65. The van der Waals surface area contributed by atoms with Gasteiger partial charge in [-0.1, -0.05) is 6.07 Å². The molecule has 0 fully saturated rings. The van der Waals surface area contributed by atoms with E-state index in [4.69, 9.17) is 10.5 Å². The summed E-state index contributed by atoms with van der Waals surface area (Å²) < 4.78 is 4.71. The first-order valence-electron chi connectivity index (χ1n) is 6.33. The van der Waals surface area contributed by atoms with Gasteiger partial charge in [0.25, 0.3) is 0 Å². The van der Waals surface area contributed by atoms with Crippen LogP contribution in [-0.2, 0) is 4.74 Å². The summed E-state index contributed by atoms with van der Waals surface area (Å²) in [5.74, 6) is -0.439. The zero-order valence-corrected chi connectivity index (χ0v) is 11.9. The Labute approximate surface area is 118 Å². The minimum Gasteiger partial charge on any atom is -0.465 e. The van der Waals surface area contributed by atoms with Gasteiger partial charge in [0.1, 0.15) is 0 Å². The van der Waals surface area contributed by atoms with Crippen LogP contribution in [0.25, 0.3) is 0 Å². The number of nitrogen functional groups attached to an aromatic ring is 1. The largest absolute Gasteiger partial charge is 0.465 e. The van der Waals surface area contributed by atoms with E-state index >= 15 is 0 Å². The zero-order valence-electron chi connectivity index (χ0n) is 11.9. The van der Waals surface area contributed by atoms with Gasteiger partial charge < -0.3 is 15.8 Å². The summed E-state index contributed by atoms with van der Waals surface area (Å²) in [5.41, 5.74) is 10.7. The molecule has 4 heteroatoms. The molecule has 0 heterocycles. The molecule has 0 saturated carbocycles. The first-order chi connectivity index (χ1) is 9.51. The van der Waals surface area contributed by atoms with E-state index in [0.29, 0.717) is 11.3 Å². The maximum Gasteiger partial charge on any atom is 0.340 e. The van der Waals surface area contributed by atoms with Crippen molar-refractivity contribution >= 4 is 23.0 Å². The average Bonchev–Trinajstić information content (AvgIpc) is 2.44. The molecule has 0 aliphatic carbocycles. The molecule has 0 amide bonds. The van der Waals surface area contributed by atoms with E-state index < -0.39 is 5.97 Å². The van der Waals surface area contributed by atoms with Gasteiger partial charge in [-0.05, 0) is 55.3 Å². The highest BCUT2D eigenvalue weighted by atomic mass is 16.5. The molecule has 2 rings (SSSR count). The van der Waals surface area contributed by atoms with E-state index in [0.717, 1.165) is 11.4 Å². The lowest BCUT2D eigenvalue weighted by Gasteiger charge is -2.11. The number of rotatable bonds is 3. The van der Waals surface area contributed by atoms with Crippen molar-refractivity contribution in [3.05, 3.63) is 53.1 Å². The minimum absolute atomic E-state index is 0.362. The van der Waals surface area contributed by atoms with Gasteiger partial charge in [0.2, 0.25) is 0 Å². The van der Waals surface area contributed by atoms with Crippen molar-refractivity contribution in [2.24, 2.45) is 0 Å². The van der Waals surface area contributed by atoms with Crippen LogP contribution in [0.2, 0.25) is 0 Å². The predicted octanol–water partition coefficient (Wildman–Crippen LogP) is 3.42. The van der Waals surface area contributed by atoms with Crippen LogP contribution >= 0.6 is 0 Å². The number of aryl methyl sites for hydroxylation is 2. The molecule has 3 N–H and O–H groups in total. The monoisotopic (exact) mass is 270 g/mol. The molecule has 20 heavy (non-hydrogen) atoms. The number of nitrogens with two attached hydrogens (primary N) is 1. The summed E-state index contributed by atoms with van der Waals surface area (Å²) >= 11 is 0. The number of hydrogen-bond acceptors (Lipinski definition) is 4. The molecule has 4 nitrogen and oxygen atoms in total. The number of esters is 1. The topological polar surface area (TPSA) is 64.3 Å². The van der Waals surface area contributed by atoms with E-state index in [9.17, 15) is 4.79 Å². The molecule has 0 radical (unpaired) electrons. The smallest absolute Gasteiger partial charge is 0.340 e. The molecule has 0 atom stereocenters. The summed E-state index contributed by atoms with van der Waals surface area (Å²) in [6.07, 6.45) is 0. The number of ether oxygens (including phenoxy) is 1. The normalized spacial score (nSPS) is 10.2. The molecular weight excluding hydrogens is 252 g/mol. The Balaban J connectivity index is 2.29. The fourth-order valence-electron chi connectivity index (χ4n) is 1.91. The van der Waals surface area contributed by atoms with E-state index in [1.165, 1.54) is 18.2 Å². The number of carbonyl (C=O) groups is 1. The third kappa shape index (κ3) is 2.91. The molecule has 0 spiro atoms. The maximum absolute atomic E-state index is 11.6. The molecule has 2 aromatic rings. The quantitative estimate of drug-likeness (QED) is 0.662. The fourth-order valence-corrected chi connectivity index (χ4v) is 1.91. The summed E-state index contributed by atoms with van der Waals surface area (Å²) in [4.78, 5) is 11.6. The van der Waals surface area contributed by atoms with Crippen LogP contribution in [0.5, 0.6) is 0 Å². The highest BCUT2D eigenvalue weighted by molar-refractivity contribution is 5.96. The number of benzene rings is 2. The highest BCUT2D eigenvalue weighted by Crippen LogP contribution is 2.23. The molecular formula is C16H18N2O2. The van der Waals surface area contributed by atoms with Crippen molar-refractivity contribution in [1.29, 1.82) is 0 Å². The summed E-state index contributed by atoms with van der Waals surface area (Å²) in [6, 6.07) is 11.3. The van der Waals surface area contributed by atoms with Gasteiger partial charge in [0, 0.05) is 17.1 Å². The van der Waals surface area contributed by atoms with Crippen LogP contribution < -0.4 is 11.1 Å². The van der Waals surface area contributed by atoms with Crippen molar-refractivity contribution in [2.75, 3.05) is 18.2 Å². The Hall–Kier alpha value is -2.49. The fraction of sp³-hybridized carbons (Fsp3) is 0.188. The first kappa shape index (κ1) is 13.9. The molecule has 104 valence electrons. The second-order valence-electron chi connectivity index (χ2n) is 4.72. The third-order valence-corrected chi connectivity index (χ3v) is 3.25. The van der Waals surface area contributed by atoms with Crippen molar-refractivity contribution in [3.8, 4) is 0 Å². The summed E-state index contributed by atoms with van der Waals surface area (Å²) in [5, 5.41) is 3.26. The van der Waals surface area contributed by atoms with Crippen LogP contribution in [0.3, 0.4) is 0 Å². The standard InChI is InChI=1S/C16H18N2O2/c1-10-4-5-12(8-11(10)2)18-13-6-7-15(17)14(9-13)16(19)20-3/h4-9,18H,17H2,1-3H3. The van der Waals surface area contributed by atoms with Gasteiger partial charge in [-0.15, -0.1) is 0 Å². The molecule has 0 aliphatic rings. The lowest BCUT2D eigenvalue weighted by atomic mass is 10.1. The predicted molar refractivity (Wildman–Crippen MR) is 81.4 cm³/mol. The number of carbonyl (C=O) groups excluding carboxylic acids is 1. The van der Waals surface area contributed by atoms with E-state index in [1.807, 2.05) is 12.1 Å². The van der Waals surface area contributed by atoms with Crippen molar-refractivity contribution in [3.63, 3.8) is 0 Å². The molecule has 0 aliphatic heterocycles. The van der Waals surface area contributed by atoms with Gasteiger partial charge in [0.15, 0.2) is 0 Å². The zero-order chi connectivity index (χ0) is 14.7. The Kier molecular flexibility index (Phi) is 3.94. The summed E-state index contributed by atoms with van der Waals surface area (Å²) in [7, 11) is 1.34. The lowest BCUT2D eigenvalue weighted by Crippen LogP contribution is -2.06. The second-order valence-corrected chi connectivity index (χ2v) is 4.72. The lowest BCUT2D eigenvalue weighted by molar-refractivity contribution is 0.0602. The Morgan fingerprint density at radius 1 is 1.05 bits per heavy atom. The molecule has 2 aromatic carbocycles. The van der Waals surface area contributed by atoms with E-state index in [2.05, 4.69) is 31.3 Å².